The molecule has 0 bridgehead atoms. The lowest BCUT2D eigenvalue weighted by Gasteiger charge is -2.30. The second-order valence-electron chi connectivity index (χ2n) is 5.40. The van der Waals surface area contributed by atoms with Crippen molar-refractivity contribution in [1.82, 2.24) is 4.48 Å². The summed E-state index contributed by atoms with van der Waals surface area (Å²) in [5, 5.41) is 9.17. The molecule has 0 aromatic heterocycles. The molecule has 0 aliphatic carbocycles. The summed E-state index contributed by atoms with van der Waals surface area (Å²) >= 11 is 0. The number of quaternary nitrogens is 1. The molecule has 2 heteroatoms. The van der Waals surface area contributed by atoms with Crippen molar-refractivity contribution < 1.29 is 5.11 Å². The third-order valence-electron chi connectivity index (χ3n) is 3.55. The van der Waals surface area contributed by atoms with Gasteiger partial charge in [0.15, 0.2) is 0 Å². The predicted octanol–water partition coefficient (Wildman–Crippen LogP) is 1.91. The molecule has 0 amide bonds. The van der Waals surface area contributed by atoms with Gasteiger partial charge in [-0.25, -0.2) is 0 Å². The van der Waals surface area contributed by atoms with Gasteiger partial charge in [-0.1, -0.05) is 32.0 Å². The molecule has 0 fully saturated rings. The van der Waals surface area contributed by atoms with Crippen LogP contribution in [0.4, 0.5) is 5.69 Å². The maximum Gasteiger partial charge on any atom is 0.136 e. The summed E-state index contributed by atoms with van der Waals surface area (Å²) in [7, 11) is 2.21. The first kappa shape index (κ1) is 10.7. The zero-order chi connectivity index (χ0) is 11.1. The minimum atomic E-state index is 0.223. The second kappa shape index (κ2) is 3.32. The quantitative estimate of drug-likeness (QED) is 0.733. The maximum absolute atomic E-state index is 9.17. The molecular weight excluding hydrogens is 186 g/mol. The monoisotopic (exact) mass is 206 g/mol. The fourth-order valence-corrected chi connectivity index (χ4v) is 2.98. The summed E-state index contributed by atoms with van der Waals surface area (Å²) in [6.45, 7) is 6.70. The molecule has 1 N–H and O–H groups in total. The van der Waals surface area contributed by atoms with E-state index in [1.165, 1.54) is 11.3 Å². The zero-order valence-electron chi connectivity index (χ0n) is 9.83. The van der Waals surface area contributed by atoms with Crippen molar-refractivity contribution in [3.05, 3.63) is 29.8 Å². The highest BCUT2D eigenvalue weighted by molar-refractivity contribution is 5.58. The van der Waals surface area contributed by atoms with Crippen molar-refractivity contribution >= 4 is 5.69 Å². The minimum absolute atomic E-state index is 0.223. The lowest BCUT2D eigenvalue weighted by atomic mass is 9.87. The van der Waals surface area contributed by atoms with Crippen LogP contribution in [0.2, 0.25) is 0 Å². The number of aliphatic hydroxyl groups excluding tert-OH is 1. The van der Waals surface area contributed by atoms with Gasteiger partial charge in [0.25, 0.3) is 0 Å². The summed E-state index contributed by atoms with van der Waals surface area (Å²) in [5.74, 6) is 0. The van der Waals surface area contributed by atoms with Crippen molar-refractivity contribution in [2.75, 3.05) is 26.7 Å². The van der Waals surface area contributed by atoms with Gasteiger partial charge < -0.3 is 5.11 Å². The first-order chi connectivity index (χ1) is 6.99. The number of nitrogens with zero attached hydrogens (tertiary/aromatic N) is 1. The molecule has 1 aliphatic rings. The lowest BCUT2D eigenvalue weighted by molar-refractivity contribution is 0.216. The van der Waals surface area contributed by atoms with Gasteiger partial charge in [-0.2, -0.15) is 0 Å². The number of aliphatic hydroxyl groups is 1. The largest absolute Gasteiger partial charge is 0.390 e. The molecule has 15 heavy (non-hydrogen) atoms. The molecule has 2 rings (SSSR count). The second-order valence-corrected chi connectivity index (χ2v) is 5.40. The highest BCUT2D eigenvalue weighted by atomic mass is 16.3. The molecule has 0 saturated heterocycles. The van der Waals surface area contributed by atoms with Gasteiger partial charge in [-0.15, -0.1) is 0 Å². The van der Waals surface area contributed by atoms with Crippen LogP contribution >= 0.6 is 0 Å². The Labute approximate surface area is 91.7 Å². The number of benzene rings is 1. The van der Waals surface area contributed by atoms with Gasteiger partial charge in [0.1, 0.15) is 12.2 Å². The van der Waals surface area contributed by atoms with Crippen LogP contribution in [0.1, 0.15) is 19.4 Å². The Balaban J connectivity index is 2.51. The van der Waals surface area contributed by atoms with Crippen LogP contribution in [0.25, 0.3) is 0 Å². The molecule has 1 aliphatic heterocycles. The van der Waals surface area contributed by atoms with Crippen molar-refractivity contribution in [3.63, 3.8) is 0 Å². The highest BCUT2D eigenvalue weighted by Gasteiger charge is 2.45. The first-order valence-corrected chi connectivity index (χ1v) is 5.55. The van der Waals surface area contributed by atoms with Gasteiger partial charge >= 0.3 is 0 Å². The summed E-state index contributed by atoms with van der Waals surface area (Å²) in [4.78, 5) is 0. The minimum Gasteiger partial charge on any atom is -0.390 e. The van der Waals surface area contributed by atoms with Crippen molar-refractivity contribution in [1.29, 1.82) is 0 Å². The van der Waals surface area contributed by atoms with E-state index in [0.717, 1.165) is 17.6 Å². The van der Waals surface area contributed by atoms with Crippen LogP contribution in [0, 0.1) is 0 Å². The van der Waals surface area contributed by atoms with E-state index in [1.54, 1.807) is 0 Å². The lowest BCUT2D eigenvalue weighted by Crippen LogP contribution is -2.48. The molecule has 2 nitrogen and oxygen atoms in total. The van der Waals surface area contributed by atoms with Crippen LogP contribution in [0.3, 0.4) is 0 Å². The van der Waals surface area contributed by atoms with E-state index in [0.29, 0.717) is 0 Å². The van der Waals surface area contributed by atoms with Crippen LogP contribution in [-0.2, 0) is 5.41 Å². The average molecular weight is 206 g/mol. The van der Waals surface area contributed by atoms with Crippen LogP contribution in [0.15, 0.2) is 24.3 Å². The predicted molar refractivity (Wildman–Crippen MR) is 64.0 cm³/mol. The van der Waals surface area contributed by atoms with E-state index >= 15 is 0 Å². The Morgan fingerprint density at radius 1 is 1.33 bits per heavy atom. The van der Waals surface area contributed by atoms with Crippen LogP contribution in [0.5, 0.6) is 0 Å². The summed E-state index contributed by atoms with van der Waals surface area (Å²) in [6.07, 6.45) is 0. The van der Waals surface area contributed by atoms with Crippen molar-refractivity contribution in [2.24, 2.45) is 0 Å². The molecule has 1 heterocycles. The number of hydrogen-bond donors (Lipinski definition) is 1. The Morgan fingerprint density at radius 2 is 2.00 bits per heavy atom. The normalized spacial score (nSPS) is 27.7. The van der Waals surface area contributed by atoms with Crippen molar-refractivity contribution in [2.45, 2.75) is 19.3 Å². The first-order valence-electron chi connectivity index (χ1n) is 5.55. The summed E-state index contributed by atoms with van der Waals surface area (Å²) in [6, 6.07) is 8.61. The van der Waals surface area contributed by atoms with E-state index in [1.807, 2.05) is 0 Å². The molecule has 0 spiro atoms. The number of para-hydroxylation sites is 1. The average Bonchev–Trinajstić information content (AvgIpc) is 2.36. The fourth-order valence-electron chi connectivity index (χ4n) is 2.98. The Hall–Kier alpha value is -0.860. The third-order valence-corrected chi connectivity index (χ3v) is 3.55. The maximum atomic E-state index is 9.17. The van der Waals surface area contributed by atoms with Crippen LogP contribution < -0.4 is 4.48 Å². The molecule has 1 atom stereocenters. The SMILES string of the molecule is CC1(C)C[N+](C)(CCO)c2ccccc21. The van der Waals surface area contributed by atoms with E-state index in [9.17, 15) is 5.11 Å². The van der Waals surface area contributed by atoms with E-state index < -0.39 is 0 Å². The highest BCUT2D eigenvalue weighted by Crippen LogP contribution is 2.43. The molecular formula is C13H20NO+. The van der Waals surface area contributed by atoms with Gasteiger partial charge in [-0.05, 0) is 6.07 Å². The molecule has 82 valence electrons. The zero-order valence-corrected chi connectivity index (χ0v) is 9.83. The Kier molecular flexibility index (Phi) is 2.36. The van der Waals surface area contributed by atoms with Crippen LogP contribution in [-0.4, -0.2) is 31.9 Å². The fraction of sp³-hybridized carbons (Fsp3) is 0.538. The molecule has 0 saturated carbocycles. The molecule has 0 radical (unpaired) electrons. The topological polar surface area (TPSA) is 20.2 Å². The Morgan fingerprint density at radius 3 is 2.67 bits per heavy atom. The summed E-state index contributed by atoms with van der Waals surface area (Å²) < 4.78 is 0.861. The molecule has 1 unspecified atom stereocenters. The van der Waals surface area contributed by atoms with Gasteiger partial charge in [0, 0.05) is 11.0 Å². The van der Waals surface area contributed by atoms with Gasteiger partial charge in [0.05, 0.1) is 20.2 Å². The van der Waals surface area contributed by atoms with E-state index in [4.69, 9.17) is 0 Å². The smallest absolute Gasteiger partial charge is 0.136 e. The number of fused-ring (bicyclic) bond motifs is 1. The van der Waals surface area contributed by atoms with Gasteiger partial charge in [-0.3, -0.25) is 4.48 Å². The van der Waals surface area contributed by atoms with Crippen molar-refractivity contribution in [3.8, 4) is 0 Å². The standard InChI is InChI=1S/C13H20NO/c1-13(2)10-14(3,8-9-15)12-7-5-4-6-11(12)13/h4-7,15H,8-10H2,1-3H3/q+1. The number of likely N-dealkylation sites (N-methyl/N-ethyl adjacent to an activating group) is 1. The van der Waals surface area contributed by atoms with E-state index in [-0.39, 0.29) is 12.0 Å². The van der Waals surface area contributed by atoms with E-state index in [2.05, 4.69) is 45.2 Å². The number of hydrogen-bond acceptors (Lipinski definition) is 1. The summed E-state index contributed by atoms with van der Waals surface area (Å²) in [5.41, 5.74) is 3.03. The van der Waals surface area contributed by atoms with Gasteiger partial charge in [0.2, 0.25) is 0 Å². The molecule has 1 aromatic carbocycles. The number of rotatable bonds is 2. The third kappa shape index (κ3) is 1.58. The Bertz CT molecular complexity index is 373. The molecule has 1 aromatic rings.